The van der Waals surface area contributed by atoms with E-state index in [2.05, 4.69) is 12.2 Å². The summed E-state index contributed by atoms with van der Waals surface area (Å²) in [6, 6.07) is -0.620. The van der Waals surface area contributed by atoms with Crippen LogP contribution in [0.1, 0.15) is 71.6 Å². The van der Waals surface area contributed by atoms with Crippen molar-refractivity contribution in [1.82, 2.24) is 5.32 Å². The van der Waals surface area contributed by atoms with E-state index in [0.717, 1.165) is 18.6 Å². The molecule has 0 heterocycles. The van der Waals surface area contributed by atoms with Crippen molar-refractivity contribution in [2.45, 2.75) is 77.7 Å². The molecule has 0 rings (SSSR count). The van der Waals surface area contributed by atoms with Gasteiger partial charge >= 0.3 is 12.1 Å². The number of nitrogens with one attached hydrogen (secondary N) is 1. The molecule has 0 bridgehead atoms. The first-order chi connectivity index (χ1) is 11.7. The van der Waals surface area contributed by atoms with Crippen molar-refractivity contribution in [3.8, 4) is 0 Å². The Morgan fingerprint density at radius 3 is 2.17 bits per heavy atom. The van der Waals surface area contributed by atoms with Gasteiger partial charge < -0.3 is 14.8 Å². The maximum Gasteiger partial charge on any atom is 0.407 e. The smallest absolute Gasteiger partial charge is 0.407 e. The Kier molecular flexibility index (Phi) is 16.3. The van der Waals surface area contributed by atoms with Gasteiger partial charge in [0.05, 0.1) is 13.2 Å². The topological polar surface area (TPSA) is 64.6 Å². The van der Waals surface area contributed by atoms with Crippen molar-refractivity contribution in [2.75, 3.05) is 25.2 Å². The van der Waals surface area contributed by atoms with Crippen LogP contribution in [0.25, 0.3) is 0 Å². The Hall–Kier alpha value is -0.910. The fourth-order valence-electron chi connectivity index (χ4n) is 2.31. The van der Waals surface area contributed by atoms with Crippen molar-refractivity contribution in [2.24, 2.45) is 0 Å². The number of ether oxygens (including phenoxy) is 2. The minimum atomic E-state index is -0.620. The van der Waals surface area contributed by atoms with Crippen molar-refractivity contribution in [3.63, 3.8) is 0 Å². The first kappa shape index (κ1) is 23.1. The van der Waals surface area contributed by atoms with E-state index >= 15 is 0 Å². The van der Waals surface area contributed by atoms with Crippen LogP contribution in [0.4, 0.5) is 4.79 Å². The van der Waals surface area contributed by atoms with E-state index in [1.165, 1.54) is 38.5 Å². The summed E-state index contributed by atoms with van der Waals surface area (Å²) in [5.74, 6) is 0.421. The number of carbonyl (C=O) groups is 2. The Morgan fingerprint density at radius 1 is 0.958 bits per heavy atom. The zero-order valence-corrected chi connectivity index (χ0v) is 16.4. The molecule has 0 aromatic heterocycles. The van der Waals surface area contributed by atoms with E-state index in [1.54, 1.807) is 18.7 Å². The summed E-state index contributed by atoms with van der Waals surface area (Å²) in [5.41, 5.74) is 0. The molecule has 0 saturated heterocycles. The van der Waals surface area contributed by atoms with Gasteiger partial charge in [-0.25, -0.2) is 9.59 Å². The van der Waals surface area contributed by atoms with Gasteiger partial charge in [-0.3, -0.25) is 0 Å². The van der Waals surface area contributed by atoms with Gasteiger partial charge in [-0.1, -0.05) is 51.9 Å². The van der Waals surface area contributed by atoms with Crippen LogP contribution in [0.5, 0.6) is 0 Å². The summed E-state index contributed by atoms with van der Waals surface area (Å²) in [4.78, 5) is 23.6. The number of thioether (sulfide) groups is 1. The molecule has 0 fully saturated rings. The van der Waals surface area contributed by atoms with Crippen LogP contribution in [0.15, 0.2) is 0 Å². The average Bonchev–Trinajstić information content (AvgIpc) is 2.57. The van der Waals surface area contributed by atoms with Crippen molar-refractivity contribution in [3.05, 3.63) is 0 Å². The van der Waals surface area contributed by atoms with Gasteiger partial charge in [0, 0.05) is 0 Å². The second kappa shape index (κ2) is 16.9. The van der Waals surface area contributed by atoms with Gasteiger partial charge in [0.2, 0.25) is 0 Å². The summed E-state index contributed by atoms with van der Waals surface area (Å²) in [6.07, 6.45) is 11.6. The maximum absolute atomic E-state index is 12.1. The molecule has 1 amide bonds. The van der Waals surface area contributed by atoms with Crippen molar-refractivity contribution in [1.29, 1.82) is 0 Å². The normalized spacial score (nSPS) is 11.8. The molecule has 24 heavy (non-hydrogen) atoms. The fraction of sp³-hybridized carbons (Fsp3) is 0.889. The van der Waals surface area contributed by atoms with Crippen LogP contribution in [0.3, 0.4) is 0 Å². The second-order valence-electron chi connectivity index (χ2n) is 5.84. The molecule has 0 spiro atoms. The SMILES string of the molecule is CCCCCCCCCCOC(=O)C(CCSC)NC(=O)OCC. The van der Waals surface area contributed by atoms with Gasteiger partial charge in [0.1, 0.15) is 6.04 Å². The van der Waals surface area contributed by atoms with Crippen LogP contribution in [0, 0.1) is 0 Å². The number of hydrogen-bond acceptors (Lipinski definition) is 5. The quantitative estimate of drug-likeness (QED) is 0.343. The lowest BCUT2D eigenvalue weighted by Crippen LogP contribution is -2.42. The third-order valence-electron chi connectivity index (χ3n) is 3.70. The van der Waals surface area contributed by atoms with Crippen molar-refractivity contribution < 1.29 is 19.1 Å². The summed E-state index contributed by atoms with van der Waals surface area (Å²) in [6.45, 7) is 4.66. The summed E-state index contributed by atoms with van der Waals surface area (Å²) in [7, 11) is 0. The van der Waals surface area contributed by atoms with E-state index in [9.17, 15) is 9.59 Å². The third-order valence-corrected chi connectivity index (χ3v) is 4.35. The summed E-state index contributed by atoms with van der Waals surface area (Å²) in [5, 5.41) is 2.58. The monoisotopic (exact) mass is 361 g/mol. The molecule has 0 aromatic carbocycles. The highest BCUT2D eigenvalue weighted by Gasteiger charge is 2.22. The standard InChI is InChI=1S/C18H35NO4S/c1-4-6-7-8-9-10-11-12-14-23-17(20)16(13-15-24-3)19-18(21)22-5-2/h16H,4-15H2,1-3H3,(H,19,21). The lowest BCUT2D eigenvalue weighted by Gasteiger charge is -2.17. The second-order valence-corrected chi connectivity index (χ2v) is 6.83. The van der Waals surface area contributed by atoms with Crippen LogP contribution >= 0.6 is 11.8 Å². The molecular formula is C18H35NO4S. The van der Waals surface area contributed by atoms with Gasteiger partial charge in [-0.05, 0) is 31.8 Å². The van der Waals surface area contributed by atoms with E-state index in [4.69, 9.17) is 9.47 Å². The van der Waals surface area contributed by atoms with Gasteiger partial charge in [0.25, 0.3) is 0 Å². The molecule has 0 aromatic rings. The van der Waals surface area contributed by atoms with Crippen LogP contribution in [0.2, 0.25) is 0 Å². The number of carbonyl (C=O) groups excluding carboxylic acids is 2. The average molecular weight is 362 g/mol. The highest BCUT2D eigenvalue weighted by Crippen LogP contribution is 2.09. The van der Waals surface area contributed by atoms with E-state index in [1.807, 2.05) is 6.26 Å². The zero-order valence-electron chi connectivity index (χ0n) is 15.6. The largest absolute Gasteiger partial charge is 0.464 e. The molecule has 1 N–H and O–H groups in total. The number of esters is 1. The minimum absolute atomic E-state index is 0.286. The number of rotatable bonds is 15. The molecule has 6 heteroatoms. The Labute approximate surface area is 151 Å². The van der Waals surface area contributed by atoms with Crippen LogP contribution in [-0.2, 0) is 14.3 Å². The molecule has 142 valence electrons. The highest BCUT2D eigenvalue weighted by atomic mass is 32.2. The predicted octanol–water partition coefficient (Wildman–Crippen LogP) is 4.54. The zero-order chi connectivity index (χ0) is 18.0. The highest BCUT2D eigenvalue weighted by molar-refractivity contribution is 7.98. The molecule has 0 saturated carbocycles. The molecule has 0 aliphatic heterocycles. The third kappa shape index (κ3) is 13.5. The lowest BCUT2D eigenvalue weighted by molar-refractivity contribution is -0.146. The summed E-state index contributed by atoms with van der Waals surface area (Å²) < 4.78 is 10.1. The molecular weight excluding hydrogens is 326 g/mol. The Bertz CT molecular complexity index is 326. The number of unbranched alkanes of at least 4 members (excludes halogenated alkanes) is 7. The minimum Gasteiger partial charge on any atom is -0.464 e. The Balaban J connectivity index is 3.86. The van der Waals surface area contributed by atoms with E-state index < -0.39 is 12.1 Å². The van der Waals surface area contributed by atoms with E-state index in [-0.39, 0.29) is 12.6 Å². The lowest BCUT2D eigenvalue weighted by atomic mass is 10.1. The van der Waals surface area contributed by atoms with Gasteiger partial charge in [0.15, 0.2) is 0 Å². The molecule has 0 radical (unpaired) electrons. The van der Waals surface area contributed by atoms with Gasteiger partial charge in [-0.2, -0.15) is 11.8 Å². The van der Waals surface area contributed by atoms with Crippen LogP contribution in [-0.4, -0.2) is 43.3 Å². The first-order valence-electron chi connectivity index (χ1n) is 9.24. The predicted molar refractivity (Wildman–Crippen MR) is 101 cm³/mol. The summed E-state index contributed by atoms with van der Waals surface area (Å²) >= 11 is 1.63. The molecule has 1 unspecified atom stereocenters. The Morgan fingerprint density at radius 2 is 1.58 bits per heavy atom. The van der Waals surface area contributed by atoms with Crippen LogP contribution < -0.4 is 5.32 Å². The van der Waals surface area contributed by atoms with E-state index in [0.29, 0.717) is 13.0 Å². The van der Waals surface area contributed by atoms with Crippen molar-refractivity contribution >= 4 is 23.8 Å². The fourth-order valence-corrected chi connectivity index (χ4v) is 2.78. The number of amides is 1. The number of alkyl carbamates (subject to hydrolysis) is 1. The molecule has 0 aliphatic carbocycles. The molecule has 0 aliphatic rings. The first-order valence-corrected chi connectivity index (χ1v) is 10.6. The molecule has 1 atom stereocenters. The molecule has 5 nitrogen and oxygen atoms in total. The van der Waals surface area contributed by atoms with Gasteiger partial charge in [-0.15, -0.1) is 0 Å². The maximum atomic E-state index is 12.1. The number of hydrogen-bond donors (Lipinski definition) is 1.